The zero-order valence-corrected chi connectivity index (χ0v) is 4.86. The Morgan fingerprint density at radius 3 is 1.67 bits per heavy atom. The van der Waals surface area contributed by atoms with Crippen molar-refractivity contribution >= 4 is 5.71 Å². The van der Waals surface area contributed by atoms with Crippen LogP contribution in [0.5, 0.6) is 0 Å². The summed E-state index contributed by atoms with van der Waals surface area (Å²) in [5.74, 6) is 5.57. The van der Waals surface area contributed by atoms with Crippen LogP contribution < -0.4 is 0 Å². The highest BCUT2D eigenvalue weighted by Gasteiger charge is 2.91. The second-order valence-corrected chi connectivity index (χ2v) is 3.89. The summed E-state index contributed by atoms with van der Waals surface area (Å²) in [6.07, 6.45) is 0. The van der Waals surface area contributed by atoms with E-state index in [0.29, 0.717) is 0 Å². The zero-order chi connectivity index (χ0) is 5.75. The van der Waals surface area contributed by atoms with Crippen molar-refractivity contribution in [1.82, 2.24) is 0 Å². The molecule has 0 aromatic heterocycles. The lowest BCUT2D eigenvalue weighted by atomic mass is 10.0. The van der Waals surface area contributed by atoms with Crippen molar-refractivity contribution in [2.45, 2.75) is 0 Å². The largest absolute Gasteiger partial charge is 0.411 e. The molecule has 0 aromatic carbocycles. The van der Waals surface area contributed by atoms with E-state index in [1.165, 1.54) is 5.71 Å². The van der Waals surface area contributed by atoms with E-state index in [4.69, 9.17) is 5.21 Å². The first-order chi connectivity index (χ1) is 4.45. The maximum atomic E-state index is 8.56. The van der Waals surface area contributed by atoms with E-state index in [1.54, 1.807) is 0 Å². The Balaban J connectivity index is 2.03. The van der Waals surface area contributed by atoms with Crippen LogP contribution in [-0.2, 0) is 0 Å². The average Bonchev–Trinajstić information content (AvgIpc) is 2.50. The van der Waals surface area contributed by atoms with Crippen molar-refractivity contribution in [2.24, 2.45) is 40.7 Å². The highest BCUT2D eigenvalue weighted by atomic mass is 16.4. The van der Waals surface area contributed by atoms with Crippen molar-refractivity contribution in [1.29, 1.82) is 0 Å². The summed E-state index contributed by atoms with van der Waals surface area (Å²) in [5.41, 5.74) is 1.17. The lowest BCUT2D eigenvalue weighted by molar-refractivity contribution is 0.316. The first-order valence-electron chi connectivity index (χ1n) is 3.67. The normalized spacial score (nSPS) is 77.1. The van der Waals surface area contributed by atoms with Gasteiger partial charge < -0.3 is 5.21 Å². The maximum Gasteiger partial charge on any atom is 0.0644 e. The minimum absolute atomic E-state index is 0.773. The molecule has 5 aliphatic rings. The van der Waals surface area contributed by atoms with Gasteiger partial charge in [0.05, 0.1) is 5.71 Å². The molecule has 9 heavy (non-hydrogen) atoms. The Morgan fingerprint density at radius 2 is 1.44 bits per heavy atom. The molecule has 0 aromatic rings. The number of oxime groups is 1. The number of nitrogens with zero attached hydrogens (tertiary/aromatic N) is 1. The van der Waals surface area contributed by atoms with E-state index in [1.807, 2.05) is 0 Å². The van der Waals surface area contributed by atoms with E-state index in [9.17, 15) is 0 Å². The molecular formula is C7H7NO. The van der Waals surface area contributed by atoms with Gasteiger partial charge in [-0.1, -0.05) is 5.16 Å². The van der Waals surface area contributed by atoms with Gasteiger partial charge in [-0.3, -0.25) is 0 Å². The third kappa shape index (κ3) is 0.159. The lowest BCUT2D eigenvalue weighted by Gasteiger charge is -2.02. The standard InChI is InChI=1S/C7H7NO/c9-8-7-5-1-2(5)4-3(1)6(4)7/h1-6,9H. The second-order valence-electron chi connectivity index (χ2n) is 3.89. The van der Waals surface area contributed by atoms with Crippen LogP contribution in [0.2, 0.25) is 0 Å². The van der Waals surface area contributed by atoms with Gasteiger partial charge in [-0.25, -0.2) is 0 Å². The second kappa shape index (κ2) is 0.678. The Bertz CT molecular complexity index is 201. The molecule has 2 bridgehead atoms. The summed E-state index contributed by atoms with van der Waals surface area (Å²) < 4.78 is 0. The van der Waals surface area contributed by atoms with E-state index < -0.39 is 0 Å². The summed E-state index contributed by atoms with van der Waals surface area (Å²) in [6.45, 7) is 0. The van der Waals surface area contributed by atoms with E-state index in [0.717, 1.165) is 35.5 Å². The van der Waals surface area contributed by atoms with Gasteiger partial charge in [0.2, 0.25) is 0 Å². The van der Waals surface area contributed by atoms with Gasteiger partial charge in [-0.05, 0) is 23.7 Å². The molecule has 5 fully saturated rings. The summed E-state index contributed by atoms with van der Waals surface area (Å²) in [6, 6.07) is 0. The highest BCUT2D eigenvalue weighted by molar-refractivity contribution is 6.02. The van der Waals surface area contributed by atoms with Crippen LogP contribution in [0, 0.1) is 35.5 Å². The van der Waals surface area contributed by atoms with Crippen molar-refractivity contribution in [3.63, 3.8) is 0 Å². The van der Waals surface area contributed by atoms with Gasteiger partial charge in [0.15, 0.2) is 0 Å². The predicted molar refractivity (Wildman–Crippen MR) is 30.2 cm³/mol. The van der Waals surface area contributed by atoms with Crippen molar-refractivity contribution in [3.05, 3.63) is 0 Å². The molecular weight excluding hydrogens is 114 g/mol. The van der Waals surface area contributed by atoms with Crippen molar-refractivity contribution in [3.8, 4) is 0 Å². The average molecular weight is 121 g/mol. The van der Waals surface area contributed by atoms with Gasteiger partial charge in [-0.2, -0.15) is 0 Å². The summed E-state index contributed by atoms with van der Waals surface area (Å²) >= 11 is 0. The molecule has 5 saturated carbocycles. The molecule has 1 N–H and O–H groups in total. The Kier molecular flexibility index (Phi) is 0.271. The molecule has 0 spiro atoms. The number of hydrogen-bond acceptors (Lipinski definition) is 2. The molecule has 2 heteroatoms. The minimum atomic E-state index is 0.773. The Morgan fingerprint density at radius 1 is 1.00 bits per heavy atom. The van der Waals surface area contributed by atoms with Gasteiger partial charge in [0, 0.05) is 11.8 Å². The quantitative estimate of drug-likeness (QED) is 0.369. The summed E-state index contributed by atoms with van der Waals surface area (Å²) in [4.78, 5) is 0. The molecule has 46 valence electrons. The molecule has 2 nitrogen and oxygen atoms in total. The van der Waals surface area contributed by atoms with Gasteiger partial charge >= 0.3 is 0 Å². The fraction of sp³-hybridized carbons (Fsp3) is 0.857. The van der Waals surface area contributed by atoms with Crippen molar-refractivity contribution < 1.29 is 5.21 Å². The fourth-order valence-corrected chi connectivity index (χ4v) is 3.70. The monoisotopic (exact) mass is 121 g/mol. The van der Waals surface area contributed by atoms with Gasteiger partial charge in [-0.15, -0.1) is 0 Å². The molecule has 5 rings (SSSR count). The van der Waals surface area contributed by atoms with Crippen LogP contribution in [0.3, 0.4) is 0 Å². The first kappa shape index (κ1) is 3.59. The Labute approximate surface area is 52.5 Å². The van der Waals surface area contributed by atoms with Crippen LogP contribution in [0.15, 0.2) is 5.16 Å². The van der Waals surface area contributed by atoms with Gasteiger partial charge in [0.25, 0.3) is 0 Å². The molecule has 0 amide bonds. The van der Waals surface area contributed by atoms with Crippen LogP contribution in [0.1, 0.15) is 0 Å². The van der Waals surface area contributed by atoms with Crippen LogP contribution in [0.25, 0.3) is 0 Å². The third-order valence-corrected chi connectivity index (χ3v) is 3.95. The number of hydrogen-bond donors (Lipinski definition) is 1. The van der Waals surface area contributed by atoms with Crippen molar-refractivity contribution in [2.75, 3.05) is 0 Å². The zero-order valence-electron chi connectivity index (χ0n) is 4.86. The van der Waals surface area contributed by atoms with Crippen LogP contribution in [-0.4, -0.2) is 10.9 Å². The Hall–Kier alpha value is -0.530. The smallest absolute Gasteiger partial charge is 0.0644 e. The lowest BCUT2D eigenvalue weighted by Crippen LogP contribution is -2.00. The third-order valence-electron chi connectivity index (χ3n) is 3.95. The summed E-state index contributed by atoms with van der Waals surface area (Å²) in [5, 5.41) is 11.9. The fourth-order valence-electron chi connectivity index (χ4n) is 3.70. The van der Waals surface area contributed by atoms with Crippen LogP contribution >= 0.6 is 0 Å². The maximum absolute atomic E-state index is 8.56. The van der Waals surface area contributed by atoms with E-state index in [2.05, 4.69) is 5.16 Å². The predicted octanol–water partition coefficient (Wildman–Crippen LogP) is 0.568. The molecule has 0 atom stereocenters. The van der Waals surface area contributed by atoms with Crippen LogP contribution in [0.4, 0.5) is 0 Å². The molecule has 5 aliphatic carbocycles. The number of rotatable bonds is 0. The summed E-state index contributed by atoms with van der Waals surface area (Å²) in [7, 11) is 0. The van der Waals surface area contributed by atoms with E-state index >= 15 is 0 Å². The molecule has 0 aliphatic heterocycles. The molecule has 0 saturated heterocycles. The molecule has 0 unspecified atom stereocenters. The molecule has 0 radical (unpaired) electrons. The first-order valence-corrected chi connectivity index (χ1v) is 3.67. The topological polar surface area (TPSA) is 32.6 Å². The molecule has 0 heterocycles. The SMILES string of the molecule is ON=C1C2C3C2C2C1C32. The minimum Gasteiger partial charge on any atom is -0.411 e. The van der Waals surface area contributed by atoms with E-state index in [-0.39, 0.29) is 0 Å². The highest BCUT2D eigenvalue weighted by Crippen LogP contribution is 2.90. The van der Waals surface area contributed by atoms with Gasteiger partial charge in [0.1, 0.15) is 0 Å².